The van der Waals surface area contributed by atoms with Crippen molar-refractivity contribution in [3.05, 3.63) is 58.3 Å². The molecule has 1 aromatic carbocycles. The highest BCUT2D eigenvalue weighted by Gasteiger charge is 2.10. The molecule has 0 bridgehead atoms. The van der Waals surface area contributed by atoms with Crippen LogP contribution < -0.4 is 10.9 Å². The van der Waals surface area contributed by atoms with Gasteiger partial charge in [-0.3, -0.25) is 14.2 Å². The van der Waals surface area contributed by atoms with Crippen LogP contribution in [0, 0.1) is 6.92 Å². The van der Waals surface area contributed by atoms with Crippen molar-refractivity contribution in [3.8, 4) is 0 Å². The third-order valence-electron chi connectivity index (χ3n) is 4.12. The fraction of sp³-hybridized carbons (Fsp3) is 0.316. The van der Waals surface area contributed by atoms with Crippen LogP contribution in [-0.2, 0) is 17.8 Å². The van der Waals surface area contributed by atoms with E-state index in [2.05, 4.69) is 22.2 Å². The van der Waals surface area contributed by atoms with E-state index in [0.717, 1.165) is 30.6 Å². The van der Waals surface area contributed by atoms with E-state index in [9.17, 15) is 9.59 Å². The quantitative estimate of drug-likeness (QED) is 0.725. The van der Waals surface area contributed by atoms with Crippen molar-refractivity contribution < 1.29 is 4.79 Å². The molecule has 2 heterocycles. The van der Waals surface area contributed by atoms with E-state index in [1.165, 1.54) is 16.5 Å². The lowest BCUT2D eigenvalue weighted by Gasteiger charge is -2.08. The highest BCUT2D eigenvalue weighted by atomic mass is 16.2. The highest BCUT2D eigenvalue weighted by Crippen LogP contribution is 2.12. The van der Waals surface area contributed by atoms with Crippen LogP contribution in [0.3, 0.4) is 0 Å². The van der Waals surface area contributed by atoms with E-state index in [1.54, 1.807) is 6.07 Å². The second-order valence-corrected chi connectivity index (χ2v) is 6.24. The van der Waals surface area contributed by atoms with E-state index in [4.69, 9.17) is 0 Å². The molecule has 6 heteroatoms. The Morgan fingerprint density at radius 3 is 2.76 bits per heavy atom. The number of carbonyl (C=O) groups is 1. The van der Waals surface area contributed by atoms with Gasteiger partial charge in [0.2, 0.25) is 5.91 Å². The number of anilines is 1. The molecule has 1 amide bonds. The molecule has 2 aromatic heterocycles. The lowest BCUT2D eigenvalue weighted by molar-refractivity contribution is -0.116. The standard InChI is InChI=1S/C19H22N4O2/c1-3-4-5-14-6-8-15(9-7-14)22-17(24)11-23-12-20-18-16(19(23)25)10-13(2)21-18/h6-10,12,21H,3-5,11H2,1-2H3,(H,22,24). The molecule has 0 spiro atoms. The fourth-order valence-electron chi connectivity index (χ4n) is 2.78. The molecular formula is C19H22N4O2. The van der Waals surface area contributed by atoms with Gasteiger partial charge in [-0.15, -0.1) is 0 Å². The molecule has 0 radical (unpaired) electrons. The molecule has 25 heavy (non-hydrogen) atoms. The number of aromatic amines is 1. The first-order valence-electron chi connectivity index (χ1n) is 8.50. The number of amides is 1. The molecule has 0 aliphatic carbocycles. The summed E-state index contributed by atoms with van der Waals surface area (Å²) in [6, 6.07) is 9.57. The minimum absolute atomic E-state index is 0.0659. The van der Waals surface area contributed by atoms with Crippen molar-refractivity contribution in [3.63, 3.8) is 0 Å². The Balaban J connectivity index is 1.68. The number of aromatic nitrogens is 3. The Kier molecular flexibility index (Phi) is 4.97. The van der Waals surface area contributed by atoms with Crippen molar-refractivity contribution in [2.45, 2.75) is 39.7 Å². The first kappa shape index (κ1) is 17.0. The molecule has 130 valence electrons. The SMILES string of the molecule is CCCCc1ccc(NC(=O)Cn2cnc3[nH]c(C)cc3c2=O)cc1. The second kappa shape index (κ2) is 7.34. The molecule has 2 N–H and O–H groups in total. The van der Waals surface area contributed by atoms with Crippen LogP contribution in [0.2, 0.25) is 0 Å². The predicted octanol–water partition coefficient (Wildman–Crippen LogP) is 3.01. The number of benzene rings is 1. The zero-order valence-electron chi connectivity index (χ0n) is 14.5. The van der Waals surface area contributed by atoms with Crippen molar-refractivity contribution in [1.82, 2.24) is 14.5 Å². The molecule has 6 nitrogen and oxygen atoms in total. The average molecular weight is 338 g/mol. The molecule has 0 unspecified atom stereocenters. The molecule has 3 aromatic rings. The van der Waals surface area contributed by atoms with Gasteiger partial charge >= 0.3 is 0 Å². The van der Waals surface area contributed by atoms with Crippen LogP contribution in [-0.4, -0.2) is 20.4 Å². The molecule has 0 atom stereocenters. The summed E-state index contributed by atoms with van der Waals surface area (Å²) in [5.74, 6) is -0.253. The van der Waals surface area contributed by atoms with E-state index < -0.39 is 0 Å². The Bertz CT molecular complexity index is 938. The molecule has 0 saturated carbocycles. The number of H-pyrrole nitrogens is 1. The maximum atomic E-state index is 12.4. The number of aryl methyl sites for hydroxylation is 2. The normalized spacial score (nSPS) is 11.0. The summed E-state index contributed by atoms with van der Waals surface area (Å²) in [7, 11) is 0. The predicted molar refractivity (Wildman–Crippen MR) is 98.8 cm³/mol. The minimum atomic E-state index is -0.253. The molecule has 0 saturated heterocycles. The molecule has 0 aliphatic heterocycles. The molecule has 3 rings (SSSR count). The smallest absolute Gasteiger partial charge is 0.263 e. The van der Waals surface area contributed by atoms with Crippen molar-refractivity contribution in [1.29, 1.82) is 0 Å². The zero-order chi connectivity index (χ0) is 17.8. The number of rotatable bonds is 6. The maximum Gasteiger partial charge on any atom is 0.263 e. The summed E-state index contributed by atoms with van der Waals surface area (Å²) in [4.78, 5) is 31.8. The van der Waals surface area contributed by atoms with Gasteiger partial charge in [-0.25, -0.2) is 4.98 Å². The first-order chi connectivity index (χ1) is 12.1. The minimum Gasteiger partial charge on any atom is -0.343 e. The van der Waals surface area contributed by atoms with Gasteiger partial charge in [0.1, 0.15) is 18.5 Å². The summed E-state index contributed by atoms with van der Waals surface area (Å²) in [5, 5.41) is 3.31. The van der Waals surface area contributed by atoms with E-state index in [-0.39, 0.29) is 18.0 Å². The summed E-state index contributed by atoms with van der Waals surface area (Å²) < 4.78 is 1.32. The number of unbranched alkanes of at least 4 members (excludes halogenated alkanes) is 1. The number of nitrogens with one attached hydrogen (secondary N) is 2. The topological polar surface area (TPSA) is 79.8 Å². The Labute approximate surface area is 145 Å². The molecule has 0 fully saturated rings. The van der Waals surface area contributed by atoms with Gasteiger partial charge in [-0.1, -0.05) is 25.5 Å². The van der Waals surface area contributed by atoms with Crippen LogP contribution in [0.1, 0.15) is 31.0 Å². The van der Waals surface area contributed by atoms with Gasteiger partial charge < -0.3 is 10.3 Å². The number of hydrogen-bond donors (Lipinski definition) is 2. The molecule has 0 aliphatic rings. The summed E-state index contributed by atoms with van der Waals surface area (Å²) in [6.07, 6.45) is 4.75. The number of carbonyl (C=O) groups excluding carboxylic acids is 1. The van der Waals surface area contributed by atoms with Crippen LogP contribution in [0.5, 0.6) is 0 Å². The summed E-state index contributed by atoms with van der Waals surface area (Å²) in [6.45, 7) is 3.96. The van der Waals surface area contributed by atoms with Gasteiger partial charge in [0.15, 0.2) is 0 Å². The largest absolute Gasteiger partial charge is 0.343 e. The number of fused-ring (bicyclic) bond motifs is 1. The summed E-state index contributed by atoms with van der Waals surface area (Å²) in [5.41, 5.74) is 3.17. The average Bonchev–Trinajstić information content (AvgIpc) is 2.98. The van der Waals surface area contributed by atoms with Crippen LogP contribution in [0.25, 0.3) is 11.0 Å². The van der Waals surface area contributed by atoms with Crippen LogP contribution in [0.4, 0.5) is 5.69 Å². The second-order valence-electron chi connectivity index (χ2n) is 6.24. The Morgan fingerprint density at radius 2 is 2.04 bits per heavy atom. The number of nitrogens with zero attached hydrogens (tertiary/aromatic N) is 2. The Hall–Kier alpha value is -2.89. The lowest BCUT2D eigenvalue weighted by atomic mass is 10.1. The van der Waals surface area contributed by atoms with Gasteiger partial charge in [0.25, 0.3) is 5.56 Å². The third-order valence-corrected chi connectivity index (χ3v) is 4.12. The van der Waals surface area contributed by atoms with E-state index >= 15 is 0 Å². The first-order valence-corrected chi connectivity index (χ1v) is 8.50. The van der Waals surface area contributed by atoms with E-state index in [0.29, 0.717) is 11.0 Å². The zero-order valence-corrected chi connectivity index (χ0v) is 14.5. The van der Waals surface area contributed by atoms with Crippen molar-refractivity contribution >= 4 is 22.6 Å². The maximum absolute atomic E-state index is 12.4. The van der Waals surface area contributed by atoms with Gasteiger partial charge in [0, 0.05) is 11.4 Å². The fourth-order valence-corrected chi connectivity index (χ4v) is 2.78. The molecular weight excluding hydrogens is 316 g/mol. The van der Waals surface area contributed by atoms with Crippen LogP contribution in [0.15, 0.2) is 41.5 Å². The van der Waals surface area contributed by atoms with Crippen molar-refractivity contribution in [2.24, 2.45) is 0 Å². The summed E-state index contributed by atoms with van der Waals surface area (Å²) >= 11 is 0. The van der Waals surface area contributed by atoms with Gasteiger partial charge in [-0.2, -0.15) is 0 Å². The van der Waals surface area contributed by atoms with Gasteiger partial charge in [0.05, 0.1) is 5.39 Å². The van der Waals surface area contributed by atoms with Crippen LogP contribution >= 0.6 is 0 Å². The van der Waals surface area contributed by atoms with E-state index in [1.807, 2.05) is 31.2 Å². The van der Waals surface area contributed by atoms with Crippen molar-refractivity contribution in [2.75, 3.05) is 5.32 Å². The highest BCUT2D eigenvalue weighted by molar-refractivity contribution is 5.90. The third kappa shape index (κ3) is 3.96. The lowest BCUT2D eigenvalue weighted by Crippen LogP contribution is -2.27. The van der Waals surface area contributed by atoms with Gasteiger partial charge in [-0.05, 0) is 43.5 Å². The number of hydrogen-bond acceptors (Lipinski definition) is 3. The Morgan fingerprint density at radius 1 is 1.28 bits per heavy atom. The monoisotopic (exact) mass is 338 g/mol.